The van der Waals surface area contributed by atoms with Crippen molar-refractivity contribution in [3.8, 4) is 33.6 Å². The predicted molar refractivity (Wildman–Crippen MR) is 163 cm³/mol. The standard InChI is InChI=1S/C36H34N2O/c1-21(2)26-15-16-27(25-11-8-7-9-12-25)33(22(3)4)34(26)31-18-17-29-28-13-10-14-30(35(28)39-36(29)38-31)32-19-23(5)24(6)20-37-32/h7-22H,1-6H3. The molecule has 0 aliphatic carbocycles. The molecule has 3 nitrogen and oxygen atoms in total. The van der Waals surface area contributed by atoms with E-state index in [4.69, 9.17) is 14.4 Å². The summed E-state index contributed by atoms with van der Waals surface area (Å²) in [6.07, 6.45) is 1.93. The van der Waals surface area contributed by atoms with Crippen LogP contribution in [0.15, 0.2) is 89.5 Å². The van der Waals surface area contributed by atoms with Gasteiger partial charge in [-0.15, -0.1) is 0 Å². The third kappa shape index (κ3) is 4.32. The van der Waals surface area contributed by atoms with E-state index in [1.54, 1.807) is 0 Å². The number of nitrogens with zero attached hydrogens (tertiary/aromatic N) is 2. The molecule has 6 rings (SSSR count). The van der Waals surface area contributed by atoms with Crippen LogP contribution in [0.25, 0.3) is 55.7 Å². The van der Waals surface area contributed by atoms with Gasteiger partial charge in [-0.05, 0) is 83.3 Å². The molecule has 0 N–H and O–H groups in total. The molecular weight excluding hydrogens is 476 g/mol. The molecule has 0 saturated carbocycles. The molecule has 194 valence electrons. The minimum absolute atomic E-state index is 0.324. The Morgan fingerprint density at radius 1 is 0.667 bits per heavy atom. The SMILES string of the molecule is Cc1cnc(-c2cccc3c2oc2nc(-c4c(C(C)C)ccc(-c5ccccc5)c4C(C)C)ccc23)cc1C. The van der Waals surface area contributed by atoms with E-state index in [0.29, 0.717) is 17.5 Å². The Bertz CT molecular complexity index is 1830. The van der Waals surface area contributed by atoms with Crippen molar-refractivity contribution in [2.45, 2.75) is 53.4 Å². The average molecular weight is 511 g/mol. The van der Waals surface area contributed by atoms with Crippen molar-refractivity contribution in [3.05, 3.63) is 107 Å². The molecule has 39 heavy (non-hydrogen) atoms. The minimum atomic E-state index is 0.324. The molecular formula is C36H34N2O. The molecule has 0 unspecified atom stereocenters. The molecule has 6 aromatic rings. The first-order chi connectivity index (χ1) is 18.8. The quantitative estimate of drug-likeness (QED) is 0.231. The smallest absolute Gasteiger partial charge is 0.227 e. The first kappa shape index (κ1) is 25.1. The van der Waals surface area contributed by atoms with Crippen molar-refractivity contribution in [2.24, 2.45) is 0 Å². The molecule has 3 aromatic carbocycles. The summed E-state index contributed by atoms with van der Waals surface area (Å²) >= 11 is 0. The number of fused-ring (bicyclic) bond motifs is 3. The Kier molecular flexibility index (Phi) is 6.31. The number of rotatable bonds is 5. The third-order valence-corrected chi connectivity index (χ3v) is 7.83. The predicted octanol–water partition coefficient (Wildman–Crippen LogP) is 10.2. The number of furan rings is 1. The van der Waals surface area contributed by atoms with Gasteiger partial charge in [-0.25, -0.2) is 4.98 Å². The van der Waals surface area contributed by atoms with E-state index in [-0.39, 0.29) is 0 Å². The van der Waals surface area contributed by atoms with Gasteiger partial charge >= 0.3 is 0 Å². The van der Waals surface area contributed by atoms with Crippen molar-refractivity contribution in [1.82, 2.24) is 9.97 Å². The van der Waals surface area contributed by atoms with Gasteiger partial charge in [0.05, 0.1) is 11.4 Å². The van der Waals surface area contributed by atoms with Crippen LogP contribution in [0.2, 0.25) is 0 Å². The van der Waals surface area contributed by atoms with Crippen LogP contribution < -0.4 is 0 Å². The zero-order chi connectivity index (χ0) is 27.3. The van der Waals surface area contributed by atoms with Crippen LogP contribution in [0.1, 0.15) is 61.8 Å². The molecule has 0 fully saturated rings. The lowest BCUT2D eigenvalue weighted by Gasteiger charge is -2.23. The molecule has 3 aromatic heterocycles. The lowest BCUT2D eigenvalue weighted by atomic mass is 9.82. The van der Waals surface area contributed by atoms with Crippen molar-refractivity contribution < 1.29 is 4.42 Å². The number of para-hydroxylation sites is 1. The lowest BCUT2D eigenvalue weighted by molar-refractivity contribution is 0.655. The van der Waals surface area contributed by atoms with Crippen LogP contribution in [-0.4, -0.2) is 9.97 Å². The number of benzene rings is 3. The van der Waals surface area contributed by atoms with Crippen molar-refractivity contribution in [2.75, 3.05) is 0 Å². The van der Waals surface area contributed by atoms with E-state index in [0.717, 1.165) is 33.3 Å². The molecule has 0 aliphatic rings. The highest BCUT2D eigenvalue weighted by Crippen LogP contribution is 2.43. The number of hydrogen-bond donors (Lipinski definition) is 0. The van der Waals surface area contributed by atoms with E-state index in [1.165, 1.54) is 38.9 Å². The largest absolute Gasteiger partial charge is 0.437 e. The van der Waals surface area contributed by atoms with Gasteiger partial charge in [-0.2, -0.15) is 0 Å². The van der Waals surface area contributed by atoms with Gasteiger partial charge in [-0.3, -0.25) is 4.98 Å². The van der Waals surface area contributed by atoms with Crippen LogP contribution in [0.4, 0.5) is 0 Å². The monoisotopic (exact) mass is 510 g/mol. The summed E-state index contributed by atoms with van der Waals surface area (Å²) in [5.41, 5.74) is 13.1. The normalized spacial score (nSPS) is 11.8. The molecule has 0 aliphatic heterocycles. The second-order valence-electron chi connectivity index (χ2n) is 11.2. The number of hydrogen-bond acceptors (Lipinski definition) is 3. The maximum atomic E-state index is 6.53. The number of aryl methyl sites for hydroxylation is 2. The zero-order valence-electron chi connectivity index (χ0n) is 23.5. The third-order valence-electron chi connectivity index (χ3n) is 7.83. The summed E-state index contributed by atoms with van der Waals surface area (Å²) < 4.78 is 6.53. The maximum absolute atomic E-state index is 6.53. The minimum Gasteiger partial charge on any atom is -0.437 e. The van der Waals surface area contributed by atoms with Gasteiger partial charge in [0.2, 0.25) is 5.71 Å². The van der Waals surface area contributed by atoms with Crippen LogP contribution >= 0.6 is 0 Å². The maximum Gasteiger partial charge on any atom is 0.227 e. The van der Waals surface area contributed by atoms with Crippen LogP contribution in [0.5, 0.6) is 0 Å². The summed E-state index contributed by atoms with van der Waals surface area (Å²) in [7, 11) is 0. The van der Waals surface area contributed by atoms with Gasteiger partial charge in [0.25, 0.3) is 0 Å². The second-order valence-corrected chi connectivity index (χ2v) is 11.2. The highest BCUT2D eigenvalue weighted by Gasteiger charge is 2.22. The van der Waals surface area contributed by atoms with Gasteiger partial charge in [0, 0.05) is 28.1 Å². The molecule has 3 heterocycles. The molecule has 0 saturated heterocycles. The lowest BCUT2D eigenvalue weighted by Crippen LogP contribution is -2.03. The molecule has 0 atom stereocenters. The second kappa shape index (κ2) is 9.81. The fraction of sp³-hybridized carbons (Fsp3) is 0.222. The summed E-state index contributed by atoms with van der Waals surface area (Å²) in [6.45, 7) is 13.3. The highest BCUT2D eigenvalue weighted by molar-refractivity contribution is 6.08. The van der Waals surface area contributed by atoms with E-state index < -0.39 is 0 Å². The highest BCUT2D eigenvalue weighted by atomic mass is 16.3. The summed E-state index contributed by atoms with van der Waals surface area (Å²) in [5.74, 6) is 0.683. The molecule has 0 amide bonds. The fourth-order valence-corrected chi connectivity index (χ4v) is 5.66. The Morgan fingerprint density at radius 2 is 1.46 bits per heavy atom. The zero-order valence-corrected chi connectivity index (χ0v) is 23.5. The molecule has 0 radical (unpaired) electrons. The van der Waals surface area contributed by atoms with E-state index in [1.807, 2.05) is 6.20 Å². The summed E-state index contributed by atoms with van der Waals surface area (Å²) in [4.78, 5) is 9.90. The fourth-order valence-electron chi connectivity index (χ4n) is 5.66. The average Bonchev–Trinajstić information content (AvgIpc) is 3.32. The first-order valence-electron chi connectivity index (χ1n) is 13.8. The van der Waals surface area contributed by atoms with Crippen LogP contribution in [0.3, 0.4) is 0 Å². The van der Waals surface area contributed by atoms with E-state index >= 15 is 0 Å². The van der Waals surface area contributed by atoms with Gasteiger partial charge in [0.1, 0.15) is 5.58 Å². The van der Waals surface area contributed by atoms with Gasteiger partial charge in [-0.1, -0.05) is 82.3 Å². The number of aromatic nitrogens is 2. The van der Waals surface area contributed by atoms with Crippen molar-refractivity contribution in [3.63, 3.8) is 0 Å². The Morgan fingerprint density at radius 3 is 2.18 bits per heavy atom. The Labute approximate surface area is 230 Å². The van der Waals surface area contributed by atoms with Crippen molar-refractivity contribution >= 4 is 22.1 Å². The van der Waals surface area contributed by atoms with Gasteiger partial charge in [0.15, 0.2) is 0 Å². The summed E-state index contributed by atoms with van der Waals surface area (Å²) in [5, 5.41) is 2.09. The Balaban J connectivity index is 1.59. The van der Waals surface area contributed by atoms with E-state index in [2.05, 4.69) is 120 Å². The topological polar surface area (TPSA) is 38.9 Å². The van der Waals surface area contributed by atoms with Crippen LogP contribution in [0, 0.1) is 13.8 Å². The van der Waals surface area contributed by atoms with Crippen LogP contribution in [-0.2, 0) is 0 Å². The summed E-state index contributed by atoms with van der Waals surface area (Å²) in [6, 6.07) is 28.0. The number of pyridine rings is 2. The molecule has 0 spiro atoms. The molecule has 0 bridgehead atoms. The van der Waals surface area contributed by atoms with E-state index in [9.17, 15) is 0 Å². The Hall–Kier alpha value is -4.24. The molecule has 3 heteroatoms. The first-order valence-corrected chi connectivity index (χ1v) is 13.8. The van der Waals surface area contributed by atoms with Gasteiger partial charge < -0.3 is 4.42 Å². The van der Waals surface area contributed by atoms with Crippen molar-refractivity contribution in [1.29, 1.82) is 0 Å².